The fraction of sp³-hybridized carbons (Fsp3) is 0.400. The first-order valence-corrected chi connectivity index (χ1v) is 4.38. The second-order valence-electron chi connectivity index (χ2n) is 3.42. The summed E-state index contributed by atoms with van der Waals surface area (Å²) < 4.78 is 5.46. The number of rotatable bonds is 0. The number of anilines is 1. The highest BCUT2D eigenvalue weighted by molar-refractivity contribution is 5.63. The number of ether oxygens (including phenoxy) is 1. The highest BCUT2D eigenvalue weighted by atomic mass is 16.5. The van der Waals surface area contributed by atoms with Crippen LogP contribution in [-0.4, -0.2) is 13.3 Å². The Labute approximate surface area is 71.8 Å². The van der Waals surface area contributed by atoms with Gasteiger partial charge in [-0.05, 0) is 12.0 Å². The molecule has 2 nitrogen and oxygen atoms in total. The predicted molar refractivity (Wildman–Crippen MR) is 47.1 cm³/mol. The summed E-state index contributed by atoms with van der Waals surface area (Å²) >= 11 is 0. The molecule has 0 aromatic heterocycles. The van der Waals surface area contributed by atoms with E-state index in [1.54, 1.807) is 0 Å². The van der Waals surface area contributed by atoms with Crippen molar-refractivity contribution in [2.45, 2.75) is 13.0 Å². The Bertz CT molecular complexity index is 322. The van der Waals surface area contributed by atoms with Gasteiger partial charge in [-0.15, -0.1) is 0 Å². The third-order valence-corrected chi connectivity index (χ3v) is 2.68. The van der Waals surface area contributed by atoms with Gasteiger partial charge in [-0.2, -0.15) is 0 Å². The summed E-state index contributed by atoms with van der Waals surface area (Å²) in [5.74, 6) is 0. The van der Waals surface area contributed by atoms with Gasteiger partial charge in [0.1, 0.15) is 6.73 Å². The van der Waals surface area contributed by atoms with Gasteiger partial charge in [0.2, 0.25) is 0 Å². The number of hydrogen-bond acceptors (Lipinski definition) is 2. The van der Waals surface area contributed by atoms with Crippen LogP contribution >= 0.6 is 0 Å². The smallest absolute Gasteiger partial charge is 0.119 e. The van der Waals surface area contributed by atoms with E-state index in [9.17, 15) is 0 Å². The van der Waals surface area contributed by atoms with Gasteiger partial charge in [0.15, 0.2) is 0 Å². The lowest BCUT2D eigenvalue weighted by molar-refractivity contribution is 0.112. The van der Waals surface area contributed by atoms with E-state index < -0.39 is 0 Å². The minimum Gasteiger partial charge on any atom is -0.356 e. The maximum Gasteiger partial charge on any atom is 0.119 e. The highest BCUT2D eigenvalue weighted by Crippen LogP contribution is 2.34. The fourth-order valence-corrected chi connectivity index (χ4v) is 2.13. The zero-order chi connectivity index (χ0) is 7.97. The van der Waals surface area contributed by atoms with Crippen LogP contribution in [-0.2, 0) is 17.8 Å². The van der Waals surface area contributed by atoms with E-state index in [2.05, 4.69) is 23.1 Å². The minimum absolute atomic E-state index is 0.782. The quantitative estimate of drug-likeness (QED) is 0.572. The van der Waals surface area contributed by atoms with Gasteiger partial charge in [-0.25, -0.2) is 0 Å². The van der Waals surface area contributed by atoms with Crippen LogP contribution in [0.2, 0.25) is 0 Å². The molecular formula is C10H11NO. The lowest BCUT2D eigenvalue weighted by atomic mass is 10.1. The second kappa shape index (κ2) is 2.23. The van der Waals surface area contributed by atoms with E-state index >= 15 is 0 Å². The molecule has 0 N–H and O–H groups in total. The van der Waals surface area contributed by atoms with Gasteiger partial charge in [0.05, 0.1) is 6.61 Å². The maximum absolute atomic E-state index is 5.46. The molecule has 62 valence electrons. The lowest BCUT2D eigenvalue weighted by Crippen LogP contribution is -2.28. The Hall–Kier alpha value is -1.02. The maximum atomic E-state index is 5.46. The molecule has 1 aromatic rings. The monoisotopic (exact) mass is 161 g/mol. The first-order valence-electron chi connectivity index (χ1n) is 4.38. The summed E-state index contributed by atoms with van der Waals surface area (Å²) in [6, 6.07) is 6.52. The lowest BCUT2D eigenvalue weighted by Gasteiger charge is -2.26. The summed E-state index contributed by atoms with van der Waals surface area (Å²) in [5, 5.41) is 0. The summed E-state index contributed by atoms with van der Waals surface area (Å²) in [5.41, 5.74) is 4.30. The van der Waals surface area contributed by atoms with Crippen LogP contribution in [0.4, 0.5) is 5.69 Å². The third kappa shape index (κ3) is 0.730. The van der Waals surface area contributed by atoms with Crippen molar-refractivity contribution in [3.63, 3.8) is 0 Å². The molecule has 0 amide bonds. The molecule has 2 heteroatoms. The molecule has 0 saturated carbocycles. The van der Waals surface area contributed by atoms with Crippen molar-refractivity contribution in [3.8, 4) is 0 Å². The number of benzene rings is 1. The molecule has 3 rings (SSSR count). The molecule has 2 aliphatic heterocycles. The molecule has 0 aliphatic carbocycles. The van der Waals surface area contributed by atoms with E-state index in [1.807, 2.05) is 0 Å². The van der Waals surface area contributed by atoms with Gasteiger partial charge in [0, 0.05) is 17.8 Å². The second-order valence-corrected chi connectivity index (χ2v) is 3.42. The van der Waals surface area contributed by atoms with E-state index in [0.29, 0.717) is 0 Å². The van der Waals surface area contributed by atoms with E-state index in [1.165, 1.54) is 23.2 Å². The van der Waals surface area contributed by atoms with Gasteiger partial charge in [-0.1, -0.05) is 18.2 Å². The highest BCUT2D eigenvalue weighted by Gasteiger charge is 2.24. The van der Waals surface area contributed by atoms with Crippen LogP contribution in [0.5, 0.6) is 0 Å². The van der Waals surface area contributed by atoms with Crippen LogP contribution in [0, 0.1) is 0 Å². The fourth-order valence-electron chi connectivity index (χ4n) is 2.13. The SMILES string of the molecule is c1cc2c3c(c1)COCN3CC2. The van der Waals surface area contributed by atoms with Crippen molar-refractivity contribution < 1.29 is 4.74 Å². The normalized spacial score (nSPS) is 19.5. The molecule has 0 radical (unpaired) electrons. The average Bonchev–Trinajstić information content (AvgIpc) is 2.52. The van der Waals surface area contributed by atoms with Gasteiger partial charge < -0.3 is 9.64 Å². The van der Waals surface area contributed by atoms with Crippen LogP contribution < -0.4 is 4.90 Å². The molecular weight excluding hydrogens is 150 g/mol. The van der Waals surface area contributed by atoms with Crippen LogP contribution in [0.15, 0.2) is 18.2 Å². The molecule has 12 heavy (non-hydrogen) atoms. The van der Waals surface area contributed by atoms with Crippen LogP contribution in [0.1, 0.15) is 11.1 Å². The first kappa shape index (κ1) is 6.49. The number of nitrogens with zero attached hydrogens (tertiary/aromatic N) is 1. The zero-order valence-corrected chi connectivity index (χ0v) is 6.92. The summed E-state index contributed by atoms with van der Waals surface area (Å²) in [4.78, 5) is 2.33. The topological polar surface area (TPSA) is 12.5 Å². The summed E-state index contributed by atoms with van der Waals surface area (Å²) in [6.45, 7) is 2.70. The Balaban J connectivity index is 2.23. The third-order valence-electron chi connectivity index (χ3n) is 2.68. The Morgan fingerprint density at radius 2 is 2.17 bits per heavy atom. The van der Waals surface area contributed by atoms with Crippen molar-refractivity contribution in [1.82, 2.24) is 0 Å². The van der Waals surface area contributed by atoms with E-state index in [-0.39, 0.29) is 0 Å². The molecule has 0 spiro atoms. The van der Waals surface area contributed by atoms with E-state index in [0.717, 1.165) is 19.9 Å². The van der Waals surface area contributed by atoms with Crippen molar-refractivity contribution >= 4 is 5.69 Å². The molecule has 2 aliphatic rings. The number of hydrogen-bond donors (Lipinski definition) is 0. The summed E-state index contributed by atoms with van der Waals surface area (Å²) in [6.07, 6.45) is 1.19. The Kier molecular flexibility index (Phi) is 1.21. The largest absolute Gasteiger partial charge is 0.356 e. The molecule has 0 bridgehead atoms. The Morgan fingerprint density at radius 1 is 1.25 bits per heavy atom. The standard InChI is InChI=1S/C10H11NO/c1-2-8-4-5-11-7-12-6-9(3-1)10(8)11/h1-3H,4-7H2. The van der Waals surface area contributed by atoms with E-state index in [4.69, 9.17) is 4.74 Å². The van der Waals surface area contributed by atoms with Crippen molar-refractivity contribution in [2.24, 2.45) is 0 Å². The van der Waals surface area contributed by atoms with Crippen molar-refractivity contribution in [1.29, 1.82) is 0 Å². The molecule has 1 aromatic carbocycles. The average molecular weight is 161 g/mol. The van der Waals surface area contributed by atoms with Gasteiger partial charge in [-0.3, -0.25) is 0 Å². The number of para-hydroxylation sites is 1. The van der Waals surface area contributed by atoms with Gasteiger partial charge >= 0.3 is 0 Å². The van der Waals surface area contributed by atoms with Crippen molar-refractivity contribution in [3.05, 3.63) is 29.3 Å². The molecule has 2 heterocycles. The molecule has 0 saturated heterocycles. The molecule has 0 atom stereocenters. The minimum atomic E-state index is 0.782. The first-order chi connectivity index (χ1) is 5.95. The molecule has 0 fully saturated rings. The van der Waals surface area contributed by atoms with Crippen molar-refractivity contribution in [2.75, 3.05) is 18.2 Å². The summed E-state index contributed by atoms with van der Waals surface area (Å²) in [7, 11) is 0. The van der Waals surface area contributed by atoms with Crippen LogP contribution in [0.25, 0.3) is 0 Å². The zero-order valence-electron chi connectivity index (χ0n) is 6.92. The van der Waals surface area contributed by atoms with Crippen LogP contribution in [0.3, 0.4) is 0 Å². The predicted octanol–water partition coefficient (Wildman–Crippen LogP) is 1.54. The Morgan fingerprint density at radius 3 is 3.17 bits per heavy atom. The molecule has 0 unspecified atom stereocenters. The van der Waals surface area contributed by atoms with Gasteiger partial charge in [0.25, 0.3) is 0 Å².